The first kappa shape index (κ1) is 9.67. The van der Waals surface area contributed by atoms with Crippen molar-refractivity contribution in [2.24, 2.45) is 10.9 Å². The Balaban J connectivity index is 3.45. The molecule has 0 aliphatic rings. The molecule has 60 valence electrons. The van der Waals surface area contributed by atoms with E-state index in [-0.39, 0.29) is 0 Å². The van der Waals surface area contributed by atoms with Crippen molar-refractivity contribution in [3.05, 3.63) is 0 Å². The van der Waals surface area contributed by atoms with E-state index in [1.54, 1.807) is 0 Å². The predicted octanol–water partition coefficient (Wildman–Crippen LogP) is 2.90. The average molecular weight is 141 g/mol. The van der Waals surface area contributed by atoms with Crippen LogP contribution >= 0.6 is 0 Å². The molecule has 0 spiro atoms. The molecule has 0 aromatic carbocycles. The summed E-state index contributed by atoms with van der Waals surface area (Å²) in [6.45, 7) is 8.67. The van der Waals surface area contributed by atoms with Gasteiger partial charge in [-0.05, 0) is 19.3 Å². The molecule has 0 aromatic rings. The van der Waals surface area contributed by atoms with Gasteiger partial charge < -0.3 is 0 Å². The summed E-state index contributed by atoms with van der Waals surface area (Å²) in [4.78, 5) is 4.39. The molecular formula is C9H19N. The Morgan fingerprint density at radius 1 is 1.30 bits per heavy atom. The molecule has 0 saturated heterocycles. The summed E-state index contributed by atoms with van der Waals surface area (Å²) in [6.07, 6.45) is 4.49. The third-order valence-electron chi connectivity index (χ3n) is 1.35. The first-order valence-corrected chi connectivity index (χ1v) is 4.20. The molecule has 1 heteroatoms. The predicted molar refractivity (Wildman–Crippen MR) is 47.7 cm³/mol. The van der Waals surface area contributed by atoms with E-state index in [0.29, 0.717) is 12.0 Å². The summed E-state index contributed by atoms with van der Waals surface area (Å²) in [5.74, 6) is 0.597. The Bertz CT molecular complexity index is 94.9. The second-order valence-electron chi connectivity index (χ2n) is 3.18. The molecule has 0 aliphatic heterocycles. The first-order chi connectivity index (χ1) is 4.66. The Kier molecular flexibility index (Phi) is 5.27. The van der Waals surface area contributed by atoms with Crippen LogP contribution < -0.4 is 0 Å². The molecule has 0 radical (unpaired) electrons. The van der Waals surface area contributed by atoms with Gasteiger partial charge in [0.15, 0.2) is 0 Å². The Hall–Kier alpha value is -0.330. The second-order valence-corrected chi connectivity index (χ2v) is 3.18. The lowest BCUT2D eigenvalue weighted by Gasteiger charge is -2.02. The molecule has 0 heterocycles. The lowest BCUT2D eigenvalue weighted by Crippen LogP contribution is -1.99. The third kappa shape index (κ3) is 5.80. The number of hydrogen-bond donors (Lipinski definition) is 0. The van der Waals surface area contributed by atoms with Gasteiger partial charge in [-0.25, -0.2) is 0 Å². The van der Waals surface area contributed by atoms with E-state index in [4.69, 9.17) is 0 Å². The molecular weight excluding hydrogens is 122 g/mol. The minimum Gasteiger partial charge on any atom is -0.294 e. The zero-order valence-corrected chi connectivity index (χ0v) is 7.59. The topological polar surface area (TPSA) is 12.4 Å². The van der Waals surface area contributed by atoms with Gasteiger partial charge in [-0.15, -0.1) is 0 Å². The minimum absolute atomic E-state index is 0.521. The van der Waals surface area contributed by atoms with Crippen LogP contribution in [0.15, 0.2) is 4.99 Å². The van der Waals surface area contributed by atoms with Crippen LogP contribution in [-0.4, -0.2) is 12.3 Å². The van der Waals surface area contributed by atoms with Crippen molar-refractivity contribution >= 4 is 6.21 Å². The van der Waals surface area contributed by atoms with Crippen molar-refractivity contribution in [2.45, 2.75) is 46.6 Å². The van der Waals surface area contributed by atoms with Crippen LogP contribution in [0.25, 0.3) is 0 Å². The van der Waals surface area contributed by atoms with E-state index in [1.165, 1.54) is 12.8 Å². The van der Waals surface area contributed by atoms with Crippen LogP contribution in [0.4, 0.5) is 0 Å². The van der Waals surface area contributed by atoms with Crippen molar-refractivity contribution < 1.29 is 0 Å². The van der Waals surface area contributed by atoms with Crippen LogP contribution in [-0.2, 0) is 0 Å². The molecule has 0 N–H and O–H groups in total. The maximum atomic E-state index is 4.39. The number of rotatable bonds is 4. The average Bonchev–Trinajstić information content (AvgIpc) is 1.85. The molecule has 1 unspecified atom stereocenters. The van der Waals surface area contributed by atoms with Gasteiger partial charge in [-0.3, -0.25) is 4.99 Å². The number of nitrogens with zero attached hydrogens (tertiary/aromatic N) is 1. The van der Waals surface area contributed by atoms with Gasteiger partial charge in [0.25, 0.3) is 0 Å². The van der Waals surface area contributed by atoms with Crippen molar-refractivity contribution in [2.75, 3.05) is 0 Å². The standard InChI is InChI=1S/C9H19N/c1-5-6-9(4)10-7-8(2)3/h7-9H,5-6H2,1-4H3. The van der Waals surface area contributed by atoms with Gasteiger partial charge in [-0.2, -0.15) is 0 Å². The highest BCUT2D eigenvalue weighted by atomic mass is 14.7. The third-order valence-corrected chi connectivity index (χ3v) is 1.35. The molecule has 1 atom stereocenters. The van der Waals surface area contributed by atoms with Crippen LogP contribution in [0.2, 0.25) is 0 Å². The van der Waals surface area contributed by atoms with E-state index < -0.39 is 0 Å². The van der Waals surface area contributed by atoms with E-state index in [0.717, 1.165) is 0 Å². The second kappa shape index (κ2) is 5.45. The van der Waals surface area contributed by atoms with E-state index in [2.05, 4.69) is 32.7 Å². The largest absolute Gasteiger partial charge is 0.294 e. The van der Waals surface area contributed by atoms with E-state index in [9.17, 15) is 0 Å². The summed E-state index contributed by atoms with van der Waals surface area (Å²) in [7, 11) is 0. The van der Waals surface area contributed by atoms with E-state index in [1.807, 2.05) is 6.21 Å². The van der Waals surface area contributed by atoms with Crippen LogP contribution in [0.1, 0.15) is 40.5 Å². The lowest BCUT2D eigenvalue weighted by molar-refractivity contribution is 0.652. The van der Waals surface area contributed by atoms with Crippen molar-refractivity contribution in [1.29, 1.82) is 0 Å². The highest BCUT2D eigenvalue weighted by molar-refractivity contribution is 5.59. The summed E-state index contributed by atoms with van der Waals surface area (Å²) < 4.78 is 0. The summed E-state index contributed by atoms with van der Waals surface area (Å²) in [5, 5.41) is 0. The normalized spacial score (nSPS) is 14.9. The van der Waals surface area contributed by atoms with Crippen molar-refractivity contribution in [3.63, 3.8) is 0 Å². The zero-order valence-electron chi connectivity index (χ0n) is 7.59. The summed E-state index contributed by atoms with van der Waals surface area (Å²) in [5.41, 5.74) is 0. The molecule has 0 aliphatic carbocycles. The number of aliphatic imine (C=N–C) groups is 1. The van der Waals surface area contributed by atoms with Crippen LogP contribution in [0, 0.1) is 5.92 Å². The monoisotopic (exact) mass is 141 g/mol. The lowest BCUT2D eigenvalue weighted by atomic mass is 10.2. The summed E-state index contributed by atoms with van der Waals surface area (Å²) in [6, 6.07) is 0.521. The Morgan fingerprint density at radius 3 is 2.30 bits per heavy atom. The Labute approximate surface area is 64.6 Å². The van der Waals surface area contributed by atoms with Crippen molar-refractivity contribution in [3.8, 4) is 0 Å². The Morgan fingerprint density at radius 2 is 1.90 bits per heavy atom. The van der Waals surface area contributed by atoms with Gasteiger partial charge in [0, 0.05) is 12.3 Å². The van der Waals surface area contributed by atoms with Gasteiger partial charge in [0.05, 0.1) is 0 Å². The van der Waals surface area contributed by atoms with Gasteiger partial charge in [0.1, 0.15) is 0 Å². The molecule has 10 heavy (non-hydrogen) atoms. The highest BCUT2D eigenvalue weighted by Gasteiger charge is 1.94. The van der Waals surface area contributed by atoms with E-state index >= 15 is 0 Å². The highest BCUT2D eigenvalue weighted by Crippen LogP contribution is 2.00. The SMILES string of the molecule is CCCC(C)N=CC(C)C. The minimum atomic E-state index is 0.521. The molecule has 0 rings (SSSR count). The molecule has 0 amide bonds. The summed E-state index contributed by atoms with van der Waals surface area (Å²) >= 11 is 0. The van der Waals surface area contributed by atoms with Gasteiger partial charge in [-0.1, -0.05) is 27.2 Å². The fraction of sp³-hybridized carbons (Fsp3) is 0.889. The maximum absolute atomic E-state index is 4.39. The van der Waals surface area contributed by atoms with Crippen LogP contribution in [0.5, 0.6) is 0 Å². The fourth-order valence-electron chi connectivity index (χ4n) is 0.811. The van der Waals surface area contributed by atoms with Crippen molar-refractivity contribution in [1.82, 2.24) is 0 Å². The zero-order chi connectivity index (χ0) is 7.98. The first-order valence-electron chi connectivity index (χ1n) is 4.20. The fourth-order valence-corrected chi connectivity index (χ4v) is 0.811. The van der Waals surface area contributed by atoms with Gasteiger partial charge >= 0.3 is 0 Å². The molecule has 0 bridgehead atoms. The molecule has 0 aromatic heterocycles. The van der Waals surface area contributed by atoms with Crippen LogP contribution in [0.3, 0.4) is 0 Å². The molecule has 0 fully saturated rings. The smallest absolute Gasteiger partial charge is 0.0467 e. The number of hydrogen-bond acceptors (Lipinski definition) is 1. The molecule has 1 nitrogen and oxygen atoms in total. The molecule has 0 saturated carbocycles. The quantitative estimate of drug-likeness (QED) is 0.534. The van der Waals surface area contributed by atoms with Gasteiger partial charge in [0.2, 0.25) is 0 Å². The maximum Gasteiger partial charge on any atom is 0.0467 e.